The molecule has 0 radical (unpaired) electrons. The molecular weight excluding hydrogens is 192 g/mol. The van der Waals surface area contributed by atoms with Crippen LogP contribution in [0.2, 0.25) is 0 Å². The first-order valence-electron chi connectivity index (χ1n) is 5.33. The molecule has 0 aromatic carbocycles. The van der Waals surface area contributed by atoms with Gasteiger partial charge in [-0.15, -0.1) is 0 Å². The lowest BCUT2D eigenvalue weighted by Crippen LogP contribution is -2.43. The van der Waals surface area contributed by atoms with Gasteiger partial charge in [0.1, 0.15) is 5.60 Å². The molecule has 0 aromatic rings. The van der Waals surface area contributed by atoms with Crippen molar-refractivity contribution in [2.45, 2.75) is 46.3 Å². The Morgan fingerprint density at radius 3 is 2.20 bits per heavy atom. The molecule has 4 heteroatoms. The van der Waals surface area contributed by atoms with Crippen LogP contribution in [0.3, 0.4) is 0 Å². The fraction of sp³-hybridized carbons (Fsp3) is 0.909. The van der Waals surface area contributed by atoms with E-state index in [1.807, 2.05) is 34.6 Å². The molecule has 2 N–H and O–H groups in total. The SMILES string of the molecule is CC(C)C(N)CN(C)C(=O)OC(C)(C)C. The van der Waals surface area contributed by atoms with Crippen LogP contribution in [0.4, 0.5) is 4.79 Å². The molecule has 0 rings (SSSR count). The monoisotopic (exact) mass is 216 g/mol. The Morgan fingerprint density at radius 2 is 1.87 bits per heavy atom. The van der Waals surface area contributed by atoms with Crippen LogP contribution in [-0.2, 0) is 4.74 Å². The fourth-order valence-electron chi connectivity index (χ4n) is 0.941. The van der Waals surface area contributed by atoms with Crippen molar-refractivity contribution in [2.75, 3.05) is 13.6 Å². The quantitative estimate of drug-likeness (QED) is 0.783. The summed E-state index contributed by atoms with van der Waals surface area (Å²) in [4.78, 5) is 13.1. The summed E-state index contributed by atoms with van der Waals surface area (Å²) in [7, 11) is 1.70. The molecule has 0 fully saturated rings. The van der Waals surface area contributed by atoms with Crippen LogP contribution in [0, 0.1) is 5.92 Å². The minimum absolute atomic E-state index is 0.0116. The summed E-state index contributed by atoms with van der Waals surface area (Å²) in [6, 6.07) is -0.0116. The van der Waals surface area contributed by atoms with Gasteiger partial charge in [-0.05, 0) is 26.7 Å². The molecule has 0 heterocycles. The number of rotatable bonds is 3. The number of likely N-dealkylation sites (N-methyl/N-ethyl adjacent to an activating group) is 1. The Hall–Kier alpha value is -0.770. The van der Waals surface area contributed by atoms with Gasteiger partial charge in [0.05, 0.1) is 0 Å². The summed E-state index contributed by atoms with van der Waals surface area (Å²) >= 11 is 0. The molecule has 15 heavy (non-hydrogen) atoms. The number of hydrogen-bond donors (Lipinski definition) is 1. The van der Waals surface area contributed by atoms with E-state index >= 15 is 0 Å². The Labute approximate surface area is 92.8 Å². The van der Waals surface area contributed by atoms with E-state index < -0.39 is 5.60 Å². The van der Waals surface area contributed by atoms with Gasteiger partial charge in [-0.2, -0.15) is 0 Å². The highest BCUT2D eigenvalue weighted by Gasteiger charge is 2.21. The van der Waals surface area contributed by atoms with Crippen LogP contribution >= 0.6 is 0 Å². The molecule has 0 saturated carbocycles. The van der Waals surface area contributed by atoms with Gasteiger partial charge in [-0.3, -0.25) is 0 Å². The summed E-state index contributed by atoms with van der Waals surface area (Å²) in [5.74, 6) is 0.356. The lowest BCUT2D eigenvalue weighted by Gasteiger charge is -2.27. The van der Waals surface area contributed by atoms with Gasteiger partial charge < -0.3 is 15.4 Å². The number of ether oxygens (including phenoxy) is 1. The van der Waals surface area contributed by atoms with Gasteiger partial charge in [0, 0.05) is 19.6 Å². The van der Waals surface area contributed by atoms with Crippen molar-refractivity contribution < 1.29 is 9.53 Å². The predicted molar refractivity (Wildman–Crippen MR) is 61.7 cm³/mol. The standard InChI is InChI=1S/C11H24N2O2/c1-8(2)9(12)7-13(6)10(14)15-11(3,4)5/h8-9H,7,12H2,1-6H3. The molecule has 0 aromatic heterocycles. The Kier molecular flexibility index (Phi) is 5.08. The van der Waals surface area contributed by atoms with Crippen molar-refractivity contribution >= 4 is 6.09 Å². The van der Waals surface area contributed by atoms with E-state index in [1.165, 1.54) is 4.90 Å². The third-order valence-electron chi connectivity index (χ3n) is 2.05. The molecule has 4 nitrogen and oxygen atoms in total. The van der Waals surface area contributed by atoms with E-state index in [-0.39, 0.29) is 12.1 Å². The maximum Gasteiger partial charge on any atom is 0.410 e. The summed E-state index contributed by atoms with van der Waals surface area (Å²) in [5, 5.41) is 0. The minimum atomic E-state index is -0.451. The first-order chi connectivity index (χ1) is 6.63. The van der Waals surface area contributed by atoms with Crippen LogP contribution in [0.15, 0.2) is 0 Å². The first-order valence-corrected chi connectivity index (χ1v) is 5.33. The third-order valence-corrected chi connectivity index (χ3v) is 2.05. The van der Waals surface area contributed by atoms with Crippen molar-refractivity contribution in [2.24, 2.45) is 11.7 Å². The number of nitrogens with two attached hydrogens (primary N) is 1. The number of carbonyl (C=O) groups is 1. The molecule has 1 amide bonds. The average Bonchev–Trinajstić information content (AvgIpc) is 2.00. The van der Waals surface area contributed by atoms with Gasteiger partial charge in [-0.25, -0.2) is 4.79 Å². The second kappa shape index (κ2) is 5.35. The summed E-state index contributed by atoms with van der Waals surface area (Å²) in [6.07, 6.45) is -0.321. The average molecular weight is 216 g/mol. The van der Waals surface area contributed by atoms with Crippen LogP contribution in [0.25, 0.3) is 0 Å². The summed E-state index contributed by atoms with van der Waals surface area (Å²) in [6.45, 7) is 10.1. The van der Waals surface area contributed by atoms with Gasteiger partial charge >= 0.3 is 6.09 Å². The zero-order valence-corrected chi connectivity index (χ0v) is 10.7. The highest BCUT2D eigenvalue weighted by molar-refractivity contribution is 5.67. The Bertz CT molecular complexity index is 209. The zero-order valence-electron chi connectivity index (χ0n) is 10.7. The molecule has 0 bridgehead atoms. The normalized spacial score (nSPS) is 13.9. The summed E-state index contributed by atoms with van der Waals surface area (Å²) in [5.41, 5.74) is 5.42. The maximum absolute atomic E-state index is 11.6. The van der Waals surface area contributed by atoms with Crippen LogP contribution < -0.4 is 5.73 Å². The van der Waals surface area contributed by atoms with Gasteiger partial charge in [-0.1, -0.05) is 13.8 Å². The van der Waals surface area contributed by atoms with E-state index in [1.54, 1.807) is 7.05 Å². The lowest BCUT2D eigenvalue weighted by atomic mass is 10.1. The molecule has 1 unspecified atom stereocenters. The van der Waals surface area contributed by atoms with Crippen LogP contribution in [-0.4, -0.2) is 36.2 Å². The minimum Gasteiger partial charge on any atom is -0.444 e. The van der Waals surface area contributed by atoms with E-state index in [2.05, 4.69) is 0 Å². The smallest absolute Gasteiger partial charge is 0.410 e. The van der Waals surface area contributed by atoms with E-state index in [9.17, 15) is 4.79 Å². The Morgan fingerprint density at radius 1 is 1.40 bits per heavy atom. The first kappa shape index (κ1) is 14.2. The largest absolute Gasteiger partial charge is 0.444 e. The maximum atomic E-state index is 11.6. The molecule has 0 aliphatic carbocycles. The number of amides is 1. The number of nitrogens with zero attached hydrogens (tertiary/aromatic N) is 1. The molecule has 0 aliphatic rings. The van der Waals surface area contributed by atoms with Gasteiger partial charge in [0.15, 0.2) is 0 Å². The molecule has 1 atom stereocenters. The molecule has 0 aliphatic heterocycles. The van der Waals surface area contributed by atoms with Gasteiger partial charge in [0.25, 0.3) is 0 Å². The van der Waals surface area contributed by atoms with Crippen LogP contribution in [0.1, 0.15) is 34.6 Å². The van der Waals surface area contributed by atoms with Crippen molar-refractivity contribution in [3.8, 4) is 0 Å². The second-order valence-electron chi connectivity index (χ2n) is 5.27. The van der Waals surface area contributed by atoms with E-state index in [4.69, 9.17) is 10.5 Å². The topological polar surface area (TPSA) is 55.6 Å². The predicted octanol–water partition coefficient (Wildman–Crippen LogP) is 1.84. The fourth-order valence-corrected chi connectivity index (χ4v) is 0.941. The summed E-state index contributed by atoms with van der Waals surface area (Å²) < 4.78 is 5.21. The van der Waals surface area contributed by atoms with E-state index in [0.717, 1.165) is 0 Å². The van der Waals surface area contributed by atoms with Crippen molar-refractivity contribution in [1.29, 1.82) is 0 Å². The number of carbonyl (C=O) groups excluding carboxylic acids is 1. The molecule has 0 saturated heterocycles. The molecule has 0 spiro atoms. The van der Waals surface area contributed by atoms with Crippen molar-refractivity contribution in [1.82, 2.24) is 4.90 Å². The lowest BCUT2D eigenvalue weighted by molar-refractivity contribution is 0.0282. The van der Waals surface area contributed by atoms with Gasteiger partial charge in [0.2, 0.25) is 0 Å². The number of hydrogen-bond acceptors (Lipinski definition) is 3. The van der Waals surface area contributed by atoms with Crippen molar-refractivity contribution in [3.05, 3.63) is 0 Å². The zero-order chi connectivity index (χ0) is 12.2. The molecular formula is C11H24N2O2. The van der Waals surface area contributed by atoms with Crippen LogP contribution in [0.5, 0.6) is 0 Å². The molecule has 90 valence electrons. The second-order valence-corrected chi connectivity index (χ2v) is 5.27. The highest BCUT2D eigenvalue weighted by atomic mass is 16.6. The van der Waals surface area contributed by atoms with Crippen molar-refractivity contribution in [3.63, 3.8) is 0 Å². The third kappa shape index (κ3) is 6.33. The highest BCUT2D eigenvalue weighted by Crippen LogP contribution is 2.10. The Balaban J connectivity index is 4.11. The van der Waals surface area contributed by atoms with E-state index in [0.29, 0.717) is 12.5 Å².